The van der Waals surface area contributed by atoms with Gasteiger partial charge in [-0.3, -0.25) is 9.59 Å². The van der Waals surface area contributed by atoms with Gasteiger partial charge in [-0.25, -0.2) is 4.79 Å². The molecule has 1 atom stereocenters. The first-order valence-electron chi connectivity index (χ1n) is 11.3. The van der Waals surface area contributed by atoms with E-state index in [0.29, 0.717) is 6.42 Å². The van der Waals surface area contributed by atoms with E-state index >= 15 is 0 Å². The molecule has 0 aromatic heterocycles. The van der Waals surface area contributed by atoms with E-state index in [1.807, 2.05) is 0 Å². The van der Waals surface area contributed by atoms with Crippen LogP contribution >= 0.6 is 0 Å². The second kappa shape index (κ2) is 18.9. The third-order valence-electron chi connectivity index (χ3n) is 4.92. The van der Waals surface area contributed by atoms with E-state index in [4.69, 9.17) is 11.5 Å². The zero-order valence-electron chi connectivity index (χ0n) is 17.9. The summed E-state index contributed by atoms with van der Waals surface area (Å²) in [6.45, 7) is 2.25. The normalized spacial score (nSPS) is 11.9. The number of nitrogens with two attached hydrogens (primary N) is 2. The Labute approximate surface area is 171 Å². The number of esters is 2. The second-order valence-electron chi connectivity index (χ2n) is 7.77. The van der Waals surface area contributed by atoms with Gasteiger partial charge in [0.2, 0.25) is 5.91 Å². The maximum Gasteiger partial charge on any atom is 0.331 e. The van der Waals surface area contributed by atoms with Gasteiger partial charge in [-0.15, -0.1) is 0 Å². The van der Waals surface area contributed by atoms with Gasteiger partial charge in [0, 0.05) is 6.42 Å². The summed E-state index contributed by atoms with van der Waals surface area (Å²) >= 11 is 0. The number of amides is 1. The largest absolute Gasteiger partial charge is 0.392 e. The van der Waals surface area contributed by atoms with Crippen molar-refractivity contribution in [1.29, 1.82) is 0 Å². The van der Waals surface area contributed by atoms with Crippen LogP contribution in [0.25, 0.3) is 0 Å². The molecule has 4 N–H and O–H groups in total. The molecule has 0 fully saturated rings. The first kappa shape index (κ1) is 26.6. The van der Waals surface area contributed by atoms with Crippen molar-refractivity contribution in [3.05, 3.63) is 0 Å². The molecule has 0 spiro atoms. The fourth-order valence-electron chi connectivity index (χ4n) is 3.18. The first-order valence-corrected chi connectivity index (χ1v) is 11.3. The lowest BCUT2D eigenvalue weighted by Crippen LogP contribution is -2.37. The molecule has 0 aliphatic rings. The predicted octanol–water partition coefficient (Wildman–Crippen LogP) is 4.52. The molecule has 0 saturated carbocycles. The molecule has 6 nitrogen and oxygen atoms in total. The molecular formula is C22H42N2O4. The minimum atomic E-state index is -1.16. The number of ether oxygens (including phenoxy) is 1. The topological polar surface area (TPSA) is 112 Å². The van der Waals surface area contributed by atoms with Crippen molar-refractivity contribution in [2.45, 2.75) is 122 Å². The van der Waals surface area contributed by atoms with Crippen LogP contribution in [0.4, 0.5) is 0 Å². The standard InChI is InChI=1S/C22H42N2O4/c1-2-3-4-5-6-7-8-9-10-11-12-13-14-15-16-17-21(26)28-22(27)19(23)18-20(24)25/h19H,2-18,23H2,1H3,(H2,24,25)/t19-/m0/s1. The quantitative estimate of drug-likeness (QED) is 0.189. The van der Waals surface area contributed by atoms with Gasteiger partial charge in [-0.2, -0.15) is 0 Å². The Morgan fingerprint density at radius 2 is 1.11 bits per heavy atom. The van der Waals surface area contributed by atoms with Crippen LogP contribution in [0.2, 0.25) is 0 Å². The molecule has 0 unspecified atom stereocenters. The molecule has 0 aliphatic carbocycles. The molecule has 164 valence electrons. The summed E-state index contributed by atoms with van der Waals surface area (Å²) < 4.78 is 4.62. The zero-order valence-corrected chi connectivity index (χ0v) is 17.9. The van der Waals surface area contributed by atoms with E-state index < -0.39 is 23.9 Å². The molecule has 0 aromatic rings. The molecule has 1 amide bonds. The highest BCUT2D eigenvalue weighted by molar-refractivity contribution is 5.91. The third-order valence-corrected chi connectivity index (χ3v) is 4.92. The van der Waals surface area contributed by atoms with E-state index in [-0.39, 0.29) is 12.8 Å². The molecule has 0 saturated heterocycles. The van der Waals surface area contributed by atoms with Crippen molar-refractivity contribution >= 4 is 17.8 Å². The van der Waals surface area contributed by atoms with Crippen LogP contribution < -0.4 is 11.5 Å². The molecule has 28 heavy (non-hydrogen) atoms. The van der Waals surface area contributed by atoms with Gasteiger partial charge in [-0.1, -0.05) is 96.8 Å². The second-order valence-corrected chi connectivity index (χ2v) is 7.77. The number of carbonyl (C=O) groups excluding carboxylic acids is 3. The summed E-state index contributed by atoms with van der Waals surface area (Å²) in [6.07, 6.45) is 18.7. The fraction of sp³-hybridized carbons (Fsp3) is 0.864. The van der Waals surface area contributed by atoms with Crippen LogP contribution in [0, 0.1) is 0 Å². The van der Waals surface area contributed by atoms with E-state index in [2.05, 4.69) is 11.7 Å². The highest BCUT2D eigenvalue weighted by Crippen LogP contribution is 2.13. The number of carbonyl (C=O) groups is 3. The van der Waals surface area contributed by atoms with E-state index in [0.717, 1.165) is 12.8 Å². The summed E-state index contributed by atoms with van der Waals surface area (Å²) in [6, 6.07) is -1.16. The Kier molecular flexibility index (Phi) is 17.9. The molecule has 6 heteroatoms. The van der Waals surface area contributed by atoms with E-state index in [1.54, 1.807) is 0 Å². The van der Waals surface area contributed by atoms with Crippen molar-refractivity contribution in [2.75, 3.05) is 0 Å². The Balaban J connectivity index is 3.35. The van der Waals surface area contributed by atoms with Crippen molar-refractivity contribution < 1.29 is 19.1 Å². The van der Waals surface area contributed by atoms with Gasteiger partial charge in [0.15, 0.2) is 0 Å². The van der Waals surface area contributed by atoms with Crippen molar-refractivity contribution in [3.63, 3.8) is 0 Å². The number of primary amides is 1. The van der Waals surface area contributed by atoms with Crippen LogP contribution in [0.5, 0.6) is 0 Å². The van der Waals surface area contributed by atoms with Crippen molar-refractivity contribution in [3.8, 4) is 0 Å². The average Bonchev–Trinajstić information content (AvgIpc) is 2.64. The van der Waals surface area contributed by atoms with Crippen LogP contribution in [0.15, 0.2) is 0 Å². The van der Waals surface area contributed by atoms with Crippen molar-refractivity contribution in [1.82, 2.24) is 0 Å². The third kappa shape index (κ3) is 18.0. The van der Waals surface area contributed by atoms with Gasteiger partial charge in [0.05, 0.1) is 6.42 Å². The Morgan fingerprint density at radius 3 is 1.50 bits per heavy atom. The lowest BCUT2D eigenvalue weighted by Gasteiger charge is -2.08. The van der Waals surface area contributed by atoms with Crippen LogP contribution in [-0.4, -0.2) is 23.9 Å². The monoisotopic (exact) mass is 398 g/mol. The highest BCUT2D eigenvalue weighted by Gasteiger charge is 2.20. The Morgan fingerprint density at radius 1 is 0.714 bits per heavy atom. The summed E-state index contributed by atoms with van der Waals surface area (Å²) in [5.41, 5.74) is 10.4. The number of rotatable bonds is 19. The maximum atomic E-state index is 11.6. The number of hydrogen-bond donors (Lipinski definition) is 2. The van der Waals surface area contributed by atoms with Gasteiger partial charge < -0.3 is 16.2 Å². The van der Waals surface area contributed by atoms with E-state index in [1.165, 1.54) is 77.0 Å². The van der Waals surface area contributed by atoms with Crippen LogP contribution in [-0.2, 0) is 19.1 Å². The van der Waals surface area contributed by atoms with Gasteiger partial charge in [0.1, 0.15) is 6.04 Å². The lowest BCUT2D eigenvalue weighted by molar-refractivity contribution is -0.161. The van der Waals surface area contributed by atoms with Gasteiger partial charge in [0.25, 0.3) is 0 Å². The van der Waals surface area contributed by atoms with Gasteiger partial charge in [-0.05, 0) is 6.42 Å². The molecule has 0 aromatic carbocycles. The maximum absolute atomic E-state index is 11.6. The smallest absolute Gasteiger partial charge is 0.331 e. The Bertz CT molecular complexity index is 427. The Hall–Kier alpha value is -1.43. The summed E-state index contributed by atoms with van der Waals surface area (Å²) in [4.78, 5) is 33.7. The lowest BCUT2D eigenvalue weighted by atomic mass is 10.0. The molecule has 0 aliphatic heterocycles. The molecule has 0 rings (SSSR count). The first-order chi connectivity index (χ1) is 13.5. The summed E-state index contributed by atoms with van der Waals surface area (Å²) in [5.74, 6) is -2.16. The minimum absolute atomic E-state index is 0.202. The molecule has 0 bridgehead atoms. The van der Waals surface area contributed by atoms with Gasteiger partial charge >= 0.3 is 11.9 Å². The van der Waals surface area contributed by atoms with Crippen molar-refractivity contribution in [2.24, 2.45) is 11.5 Å². The molecule has 0 radical (unpaired) electrons. The fourth-order valence-corrected chi connectivity index (χ4v) is 3.18. The summed E-state index contributed by atoms with van der Waals surface area (Å²) in [7, 11) is 0. The van der Waals surface area contributed by atoms with Crippen LogP contribution in [0.1, 0.15) is 116 Å². The molecular weight excluding hydrogens is 356 g/mol. The van der Waals surface area contributed by atoms with E-state index in [9.17, 15) is 14.4 Å². The number of hydrogen-bond acceptors (Lipinski definition) is 5. The number of unbranched alkanes of at least 4 members (excludes halogenated alkanes) is 14. The average molecular weight is 399 g/mol. The highest BCUT2D eigenvalue weighted by atomic mass is 16.6. The minimum Gasteiger partial charge on any atom is -0.392 e. The SMILES string of the molecule is CCCCCCCCCCCCCCCCCC(=O)OC(=O)[C@@H](N)CC(N)=O. The van der Waals surface area contributed by atoms with Crippen LogP contribution in [0.3, 0.4) is 0 Å². The predicted molar refractivity (Wildman–Crippen MR) is 112 cm³/mol. The zero-order chi connectivity index (χ0) is 21.0. The molecule has 0 heterocycles. The summed E-state index contributed by atoms with van der Waals surface area (Å²) in [5, 5.41) is 0.